The zero-order chi connectivity index (χ0) is 42.1. The van der Waals surface area contributed by atoms with Crippen molar-refractivity contribution in [3.05, 3.63) is 173 Å². The molecule has 0 radical (unpaired) electrons. The molecule has 10 rings (SSSR count). The van der Waals surface area contributed by atoms with Crippen LogP contribution in [0.2, 0.25) is 0 Å². The third-order valence-electron chi connectivity index (χ3n) is 13.7. The Morgan fingerprint density at radius 2 is 1.07 bits per heavy atom. The minimum atomic E-state index is -0.118. The zero-order valence-corrected chi connectivity index (χ0v) is 37.3. The van der Waals surface area contributed by atoms with Crippen molar-refractivity contribution < 1.29 is 0 Å². The van der Waals surface area contributed by atoms with E-state index in [1.807, 2.05) is 0 Å². The summed E-state index contributed by atoms with van der Waals surface area (Å²) in [5.41, 5.74) is 23.4. The Morgan fingerprint density at radius 3 is 1.78 bits per heavy atom. The van der Waals surface area contributed by atoms with Gasteiger partial charge in [0.2, 0.25) is 6.71 Å². The highest BCUT2D eigenvalue weighted by atomic mass is 15.2. The highest BCUT2D eigenvalue weighted by molar-refractivity contribution is 7.01. The lowest BCUT2D eigenvalue weighted by atomic mass is 9.37. The first kappa shape index (κ1) is 38.4. The Labute approximate surface area is 359 Å². The summed E-state index contributed by atoms with van der Waals surface area (Å²) in [5, 5.41) is 0. The van der Waals surface area contributed by atoms with Crippen LogP contribution in [0.25, 0.3) is 22.3 Å². The molecule has 7 aromatic rings. The van der Waals surface area contributed by atoms with Crippen LogP contribution in [0.15, 0.2) is 146 Å². The molecular weight excluding hydrogens is 723 g/mol. The maximum absolute atomic E-state index is 2.60. The summed E-state index contributed by atoms with van der Waals surface area (Å²) < 4.78 is 0. The first-order valence-electron chi connectivity index (χ1n) is 21.9. The molecule has 0 bridgehead atoms. The molecule has 60 heavy (non-hydrogen) atoms. The lowest BCUT2D eigenvalue weighted by Crippen LogP contribution is -2.55. The molecule has 0 saturated carbocycles. The maximum Gasteiger partial charge on any atom is 0.248 e. The van der Waals surface area contributed by atoms with E-state index in [1.54, 1.807) is 0 Å². The molecule has 2 aliphatic heterocycles. The molecule has 0 saturated heterocycles. The minimum absolute atomic E-state index is 0.00107. The van der Waals surface area contributed by atoms with Crippen molar-refractivity contribution in [1.82, 2.24) is 0 Å². The van der Waals surface area contributed by atoms with Gasteiger partial charge in [0.1, 0.15) is 0 Å². The molecule has 0 unspecified atom stereocenters. The fourth-order valence-corrected chi connectivity index (χ4v) is 10.3. The zero-order valence-electron chi connectivity index (χ0n) is 37.3. The second-order valence-electron chi connectivity index (χ2n) is 21.1. The summed E-state index contributed by atoms with van der Waals surface area (Å²) in [6, 6.07) is 56.0. The predicted molar refractivity (Wildman–Crippen MR) is 260 cm³/mol. The summed E-state index contributed by atoms with van der Waals surface area (Å²) in [4.78, 5) is 5.10. The Kier molecular flexibility index (Phi) is 8.39. The fourth-order valence-electron chi connectivity index (χ4n) is 10.3. The van der Waals surface area contributed by atoms with Gasteiger partial charge in [-0.3, -0.25) is 0 Å². The summed E-state index contributed by atoms with van der Waals surface area (Å²) >= 11 is 0. The van der Waals surface area contributed by atoms with E-state index in [1.165, 1.54) is 89.2 Å². The molecule has 0 aromatic heterocycles. The number of para-hydroxylation sites is 1. The Morgan fingerprint density at radius 1 is 0.433 bits per heavy atom. The summed E-state index contributed by atoms with van der Waals surface area (Å²) in [6.45, 7) is 25.8. The lowest BCUT2D eigenvalue weighted by molar-refractivity contribution is 0.590. The molecule has 2 nitrogen and oxygen atoms in total. The van der Waals surface area contributed by atoms with E-state index in [0.29, 0.717) is 0 Å². The number of hydrogen-bond donors (Lipinski definition) is 0. The Balaban J connectivity index is 1.29. The highest BCUT2D eigenvalue weighted by Gasteiger charge is 2.44. The molecule has 0 fully saturated rings. The van der Waals surface area contributed by atoms with Crippen molar-refractivity contribution in [3.63, 3.8) is 0 Å². The molecule has 0 N–H and O–H groups in total. The topological polar surface area (TPSA) is 6.48 Å². The minimum Gasteiger partial charge on any atom is -0.311 e. The molecule has 298 valence electrons. The van der Waals surface area contributed by atoms with Gasteiger partial charge < -0.3 is 9.80 Å². The monoisotopic (exact) mass is 780 g/mol. The summed E-state index contributed by atoms with van der Waals surface area (Å²) in [5.74, 6) is 0. The fraction of sp³-hybridized carbons (Fsp3) is 0.263. The van der Waals surface area contributed by atoms with Gasteiger partial charge in [0.05, 0.1) is 0 Å². The quantitative estimate of drug-likeness (QED) is 0.164. The third kappa shape index (κ3) is 5.91. The van der Waals surface area contributed by atoms with Gasteiger partial charge in [-0.1, -0.05) is 173 Å². The van der Waals surface area contributed by atoms with Gasteiger partial charge in [0.25, 0.3) is 0 Å². The van der Waals surface area contributed by atoms with Crippen molar-refractivity contribution >= 4 is 57.2 Å². The molecule has 0 amide bonds. The van der Waals surface area contributed by atoms with Crippen LogP contribution in [0, 0.1) is 0 Å². The molecule has 3 heteroatoms. The standard InChI is InChI=1S/C57H57BN2/c1-54(2,3)36-18-17-21-40(30-36)60-51-32-38(56(7,8)9)25-29-50(51)58-49-28-24-37(55(4,5)6)31-45(49)46-33-42(35-52(60)53(46)58)59(39-19-13-12-14-20-39)41-26-27-44-43-22-15-16-23-47(43)57(10,11)48(44)34-41/h12-35H,1-11H3. The molecule has 0 spiro atoms. The van der Waals surface area contributed by atoms with Gasteiger partial charge >= 0.3 is 0 Å². The number of nitrogens with zero attached hydrogens (tertiary/aromatic N) is 2. The van der Waals surface area contributed by atoms with Gasteiger partial charge in [-0.05, 0) is 132 Å². The lowest BCUT2D eigenvalue weighted by Gasteiger charge is -2.38. The van der Waals surface area contributed by atoms with Crippen LogP contribution >= 0.6 is 0 Å². The first-order chi connectivity index (χ1) is 28.4. The van der Waals surface area contributed by atoms with Crippen molar-refractivity contribution in [3.8, 4) is 22.3 Å². The average Bonchev–Trinajstić information content (AvgIpc) is 3.66. The van der Waals surface area contributed by atoms with Crippen molar-refractivity contribution in [2.45, 2.75) is 97.8 Å². The largest absolute Gasteiger partial charge is 0.311 e. The summed E-state index contributed by atoms with van der Waals surface area (Å²) in [7, 11) is 0. The van der Waals surface area contributed by atoms with E-state index in [-0.39, 0.29) is 28.4 Å². The molecule has 3 aliphatic rings. The van der Waals surface area contributed by atoms with E-state index in [0.717, 1.165) is 11.4 Å². The Hall–Kier alpha value is -5.80. The van der Waals surface area contributed by atoms with E-state index < -0.39 is 0 Å². The second-order valence-corrected chi connectivity index (χ2v) is 21.1. The van der Waals surface area contributed by atoms with Crippen LogP contribution in [0.1, 0.15) is 104 Å². The first-order valence-corrected chi connectivity index (χ1v) is 21.9. The average molecular weight is 781 g/mol. The van der Waals surface area contributed by atoms with Gasteiger partial charge in [-0.15, -0.1) is 0 Å². The van der Waals surface area contributed by atoms with Gasteiger partial charge in [-0.25, -0.2) is 0 Å². The van der Waals surface area contributed by atoms with Crippen LogP contribution < -0.4 is 26.2 Å². The SMILES string of the molecule is CC(C)(C)c1cccc(N2c3cc(C(C)(C)C)ccc3B3c4ccc(C(C)(C)C)cc4-c4cc(N(c5ccccc5)c5ccc6c(c5)C(C)(C)c5ccccc5-6)cc2c43)c1. The van der Waals surface area contributed by atoms with Crippen LogP contribution in [0.4, 0.5) is 34.1 Å². The molecule has 1 aliphatic carbocycles. The number of hydrogen-bond acceptors (Lipinski definition) is 2. The third-order valence-corrected chi connectivity index (χ3v) is 13.7. The van der Waals surface area contributed by atoms with Crippen molar-refractivity contribution in [2.75, 3.05) is 9.80 Å². The number of rotatable bonds is 4. The number of fused-ring (bicyclic) bond motifs is 8. The summed E-state index contributed by atoms with van der Waals surface area (Å²) in [6.07, 6.45) is 0. The van der Waals surface area contributed by atoms with Crippen LogP contribution in [-0.2, 0) is 21.7 Å². The van der Waals surface area contributed by atoms with Crippen molar-refractivity contribution in [2.24, 2.45) is 0 Å². The Bertz CT molecular complexity index is 2860. The molecule has 7 aromatic carbocycles. The molecule has 0 atom stereocenters. The molecule has 2 heterocycles. The van der Waals surface area contributed by atoms with E-state index in [9.17, 15) is 0 Å². The van der Waals surface area contributed by atoms with Crippen LogP contribution in [0.3, 0.4) is 0 Å². The second kappa shape index (κ2) is 13.1. The van der Waals surface area contributed by atoms with Gasteiger partial charge in [0, 0.05) is 39.5 Å². The highest BCUT2D eigenvalue weighted by Crippen LogP contribution is 2.52. The maximum atomic E-state index is 2.60. The predicted octanol–water partition coefficient (Wildman–Crippen LogP) is 13.6. The van der Waals surface area contributed by atoms with Gasteiger partial charge in [-0.2, -0.15) is 0 Å². The van der Waals surface area contributed by atoms with E-state index in [4.69, 9.17) is 0 Å². The van der Waals surface area contributed by atoms with Gasteiger partial charge in [0.15, 0.2) is 0 Å². The van der Waals surface area contributed by atoms with Crippen molar-refractivity contribution in [1.29, 1.82) is 0 Å². The number of anilines is 6. The smallest absolute Gasteiger partial charge is 0.248 e. The van der Waals surface area contributed by atoms with Crippen LogP contribution in [0.5, 0.6) is 0 Å². The van der Waals surface area contributed by atoms with E-state index >= 15 is 0 Å². The normalized spacial score (nSPS) is 14.7. The number of benzene rings is 7. The van der Waals surface area contributed by atoms with Crippen LogP contribution in [-0.4, -0.2) is 6.71 Å². The molecular formula is C57H57BN2. The van der Waals surface area contributed by atoms with E-state index in [2.05, 4.69) is 232 Å².